The van der Waals surface area contributed by atoms with Gasteiger partial charge in [0.2, 0.25) is 0 Å². The summed E-state index contributed by atoms with van der Waals surface area (Å²) in [6.07, 6.45) is 7.23. The molecule has 1 heteroatoms. The van der Waals surface area contributed by atoms with Gasteiger partial charge in [0.15, 0.2) is 0 Å². The van der Waals surface area contributed by atoms with Crippen LogP contribution in [0.1, 0.15) is 51.7 Å². The maximum Gasteiger partial charge on any atom is 0.0240 e. The van der Waals surface area contributed by atoms with E-state index >= 15 is 0 Å². The summed E-state index contributed by atoms with van der Waals surface area (Å²) < 4.78 is 0. The molecule has 98 valence electrons. The lowest BCUT2D eigenvalue weighted by Crippen LogP contribution is -2.27. The van der Waals surface area contributed by atoms with Crippen molar-refractivity contribution in [1.29, 1.82) is 0 Å². The number of nitrogens with one attached hydrogen (secondary N) is 1. The van der Waals surface area contributed by atoms with Gasteiger partial charge in [0.05, 0.1) is 0 Å². The highest BCUT2D eigenvalue weighted by Crippen LogP contribution is 2.22. The van der Waals surface area contributed by atoms with E-state index in [4.69, 9.17) is 6.42 Å². The van der Waals surface area contributed by atoms with Crippen molar-refractivity contribution in [3.8, 4) is 12.3 Å². The summed E-state index contributed by atoms with van der Waals surface area (Å²) in [7, 11) is 0. The topological polar surface area (TPSA) is 12.0 Å². The van der Waals surface area contributed by atoms with Crippen molar-refractivity contribution in [3.63, 3.8) is 0 Å². The molecule has 0 radical (unpaired) electrons. The highest BCUT2D eigenvalue weighted by molar-refractivity contribution is 5.27. The van der Waals surface area contributed by atoms with Crippen LogP contribution in [0.3, 0.4) is 0 Å². The molecule has 0 saturated carbocycles. The molecule has 1 atom stereocenters. The van der Waals surface area contributed by atoms with Crippen molar-refractivity contribution in [3.05, 3.63) is 35.4 Å². The van der Waals surface area contributed by atoms with Gasteiger partial charge in [0.1, 0.15) is 0 Å². The van der Waals surface area contributed by atoms with Crippen molar-refractivity contribution < 1.29 is 0 Å². The van der Waals surface area contributed by atoms with E-state index in [-0.39, 0.29) is 5.41 Å². The first-order valence-electron chi connectivity index (χ1n) is 6.73. The molecule has 0 amide bonds. The minimum absolute atomic E-state index is 0.224. The fraction of sp³-hybridized carbons (Fsp3) is 0.529. The monoisotopic (exact) mass is 243 g/mol. The van der Waals surface area contributed by atoms with E-state index in [1.165, 1.54) is 11.1 Å². The second-order valence-electron chi connectivity index (χ2n) is 5.84. The van der Waals surface area contributed by atoms with E-state index in [0.717, 1.165) is 19.4 Å². The molecule has 1 aromatic rings. The minimum atomic E-state index is 0.224. The molecular formula is C17H25N. The molecule has 1 aromatic carbocycles. The van der Waals surface area contributed by atoms with Gasteiger partial charge in [-0.25, -0.2) is 0 Å². The van der Waals surface area contributed by atoms with Crippen LogP contribution >= 0.6 is 0 Å². The Hall–Kier alpha value is -1.26. The van der Waals surface area contributed by atoms with Crippen molar-refractivity contribution in [2.45, 2.75) is 58.5 Å². The lowest BCUT2D eigenvalue weighted by Gasteiger charge is -2.19. The Kier molecular flexibility index (Phi) is 5.44. The van der Waals surface area contributed by atoms with Crippen molar-refractivity contribution in [2.75, 3.05) is 0 Å². The maximum atomic E-state index is 5.35. The summed E-state index contributed by atoms with van der Waals surface area (Å²) in [4.78, 5) is 0. The van der Waals surface area contributed by atoms with Crippen molar-refractivity contribution in [1.82, 2.24) is 5.32 Å². The van der Waals surface area contributed by atoms with E-state index in [1.54, 1.807) is 0 Å². The first kappa shape index (κ1) is 14.8. The third-order valence-corrected chi connectivity index (χ3v) is 3.27. The second-order valence-corrected chi connectivity index (χ2v) is 5.84. The van der Waals surface area contributed by atoms with Crippen LogP contribution in [-0.2, 0) is 12.0 Å². The average molecular weight is 243 g/mol. The maximum absolute atomic E-state index is 5.35. The second kappa shape index (κ2) is 6.61. The van der Waals surface area contributed by atoms with Crippen LogP contribution in [0, 0.1) is 12.3 Å². The molecule has 0 fully saturated rings. The molecule has 1 unspecified atom stereocenters. The zero-order valence-electron chi connectivity index (χ0n) is 12.1. The SMILES string of the molecule is C#CCC(CC)NCc1ccc(C(C)(C)C)cc1. The number of rotatable bonds is 5. The normalized spacial score (nSPS) is 13.1. The summed E-state index contributed by atoms with van der Waals surface area (Å²) in [5.41, 5.74) is 2.92. The smallest absolute Gasteiger partial charge is 0.0240 e. The molecule has 0 spiro atoms. The Labute approximate surface area is 112 Å². The molecule has 0 heterocycles. The molecule has 1 N–H and O–H groups in total. The predicted octanol–water partition coefficient (Wildman–Crippen LogP) is 3.88. The Morgan fingerprint density at radius 1 is 1.22 bits per heavy atom. The van der Waals surface area contributed by atoms with Crippen LogP contribution in [0.15, 0.2) is 24.3 Å². The fourth-order valence-corrected chi connectivity index (χ4v) is 1.89. The standard InChI is InChI=1S/C17H25N/c1-6-8-16(7-2)18-13-14-9-11-15(12-10-14)17(3,4)5/h1,9-12,16,18H,7-8,13H2,2-5H3. The lowest BCUT2D eigenvalue weighted by atomic mass is 9.87. The number of hydrogen-bond acceptors (Lipinski definition) is 1. The Balaban J connectivity index is 2.57. The van der Waals surface area contributed by atoms with Crippen LogP contribution in [0.4, 0.5) is 0 Å². The highest BCUT2D eigenvalue weighted by atomic mass is 14.9. The predicted molar refractivity (Wildman–Crippen MR) is 79.5 cm³/mol. The number of benzene rings is 1. The highest BCUT2D eigenvalue weighted by Gasteiger charge is 2.12. The molecule has 0 saturated heterocycles. The van der Waals surface area contributed by atoms with Gasteiger partial charge < -0.3 is 5.32 Å². The van der Waals surface area contributed by atoms with Crippen LogP contribution in [0.25, 0.3) is 0 Å². The van der Waals surface area contributed by atoms with Crippen LogP contribution in [0.5, 0.6) is 0 Å². The molecule has 18 heavy (non-hydrogen) atoms. The van der Waals surface area contributed by atoms with Gasteiger partial charge in [-0.3, -0.25) is 0 Å². The number of terminal acetylenes is 1. The lowest BCUT2D eigenvalue weighted by molar-refractivity contribution is 0.506. The van der Waals surface area contributed by atoms with Gasteiger partial charge in [-0.2, -0.15) is 0 Å². The van der Waals surface area contributed by atoms with E-state index in [2.05, 4.69) is 63.2 Å². The van der Waals surface area contributed by atoms with E-state index in [0.29, 0.717) is 6.04 Å². The van der Waals surface area contributed by atoms with Gasteiger partial charge in [0.25, 0.3) is 0 Å². The van der Waals surface area contributed by atoms with Gasteiger partial charge in [-0.05, 0) is 23.0 Å². The third-order valence-electron chi connectivity index (χ3n) is 3.27. The molecule has 0 aromatic heterocycles. The summed E-state index contributed by atoms with van der Waals surface area (Å²) in [6, 6.07) is 9.28. The summed E-state index contributed by atoms with van der Waals surface area (Å²) in [6.45, 7) is 9.77. The molecule has 0 aliphatic carbocycles. The number of hydrogen-bond donors (Lipinski definition) is 1. The molecule has 0 bridgehead atoms. The van der Waals surface area contributed by atoms with Crippen LogP contribution in [-0.4, -0.2) is 6.04 Å². The first-order chi connectivity index (χ1) is 8.47. The molecule has 1 nitrogen and oxygen atoms in total. The van der Waals surface area contributed by atoms with Gasteiger partial charge >= 0.3 is 0 Å². The Morgan fingerprint density at radius 2 is 1.83 bits per heavy atom. The minimum Gasteiger partial charge on any atom is -0.309 e. The average Bonchev–Trinajstić information content (AvgIpc) is 2.34. The summed E-state index contributed by atoms with van der Waals surface area (Å²) in [5, 5.41) is 3.50. The van der Waals surface area contributed by atoms with E-state index in [1.807, 2.05) is 0 Å². The van der Waals surface area contributed by atoms with Crippen LogP contribution < -0.4 is 5.32 Å². The Morgan fingerprint density at radius 3 is 2.28 bits per heavy atom. The molecule has 0 aliphatic rings. The van der Waals surface area contributed by atoms with Crippen molar-refractivity contribution >= 4 is 0 Å². The molecular weight excluding hydrogens is 218 g/mol. The molecule has 1 rings (SSSR count). The quantitative estimate of drug-likeness (QED) is 0.774. The van der Waals surface area contributed by atoms with Gasteiger partial charge in [-0.1, -0.05) is 52.0 Å². The fourth-order valence-electron chi connectivity index (χ4n) is 1.89. The first-order valence-corrected chi connectivity index (χ1v) is 6.73. The summed E-state index contributed by atoms with van der Waals surface area (Å²) in [5.74, 6) is 2.72. The van der Waals surface area contributed by atoms with Crippen molar-refractivity contribution in [2.24, 2.45) is 0 Å². The van der Waals surface area contributed by atoms with Gasteiger partial charge in [-0.15, -0.1) is 12.3 Å². The zero-order valence-corrected chi connectivity index (χ0v) is 12.1. The summed E-state index contributed by atoms with van der Waals surface area (Å²) >= 11 is 0. The Bertz CT molecular complexity index is 389. The largest absolute Gasteiger partial charge is 0.309 e. The molecule has 0 aliphatic heterocycles. The van der Waals surface area contributed by atoms with E-state index < -0.39 is 0 Å². The zero-order chi connectivity index (χ0) is 13.6. The van der Waals surface area contributed by atoms with E-state index in [9.17, 15) is 0 Å². The van der Waals surface area contributed by atoms with Crippen LogP contribution in [0.2, 0.25) is 0 Å². The van der Waals surface area contributed by atoms with Gasteiger partial charge in [0, 0.05) is 19.0 Å². The third kappa shape index (κ3) is 4.55.